The number of hydrogen-bond acceptors (Lipinski definition) is 5. The maximum absolute atomic E-state index is 12.6. The van der Waals surface area contributed by atoms with Crippen molar-refractivity contribution in [3.8, 4) is 17.2 Å². The summed E-state index contributed by atoms with van der Waals surface area (Å²) in [5.41, 5.74) is 2.81. The van der Waals surface area contributed by atoms with Crippen LogP contribution >= 0.6 is 0 Å². The maximum atomic E-state index is 12.6. The number of benzene rings is 3. The van der Waals surface area contributed by atoms with Gasteiger partial charge in [-0.1, -0.05) is 24.3 Å². The van der Waals surface area contributed by atoms with Crippen molar-refractivity contribution in [2.75, 3.05) is 23.6 Å². The third kappa shape index (κ3) is 3.41. The summed E-state index contributed by atoms with van der Waals surface area (Å²) in [4.78, 5) is 26.6. The third-order valence-corrected chi connectivity index (χ3v) is 5.00. The number of anilines is 2. The van der Waals surface area contributed by atoms with Gasteiger partial charge in [-0.3, -0.25) is 9.59 Å². The van der Waals surface area contributed by atoms with Gasteiger partial charge in [0.2, 0.25) is 6.79 Å². The Morgan fingerprint density at radius 3 is 2.57 bits per heavy atom. The number of fused-ring (bicyclic) bond motifs is 2. The molecule has 0 spiro atoms. The number of amides is 2. The average Bonchev–Trinajstić information content (AvgIpc) is 3.24. The summed E-state index contributed by atoms with van der Waals surface area (Å²) in [7, 11) is 0. The standard InChI is InChI=1S/C23H18N2O5/c26-22-13-28-19-4-2-1-3-18(19)25(22)12-15-5-7-16(8-6-15)23(27)24-17-9-10-20-21(11-17)30-14-29-20/h1-11H,12-14H2,(H,24,27). The first-order chi connectivity index (χ1) is 14.7. The van der Waals surface area contributed by atoms with Crippen LogP contribution in [0.5, 0.6) is 17.2 Å². The van der Waals surface area contributed by atoms with E-state index in [-0.39, 0.29) is 25.2 Å². The minimum absolute atomic E-state index is 0.0209. The molecule has 0 saturated heterocycles. The van der Waals surface area contributed by atoms with Crippen LogP contribution in [0, 0.1) is 0 Å². The Bertz CT molecular complexity index is 1130. The minimum atomic E-state index is -0.229. The summed E-state index contributed by atoms with van der Waals surface area (Å²) < 4.78 is 16.1. The SMILES string of the molecule is O=C(Nc1ccc2c(c1)OCO2)c1ccc(CN2C(=O)COc3ccccc32)cc1. The van der Waals surface area contributed by atoms with Crippen molar-refractivity contribution in [3.05, 3.63) is 77.9 Å². The molecule has 7 heteroatoms. The van der Waals surface area contributed by atoms with E-state index >= 15 is 0 Å². The summed E-state index contributed by atoms with van der Waals surface area (Å²) in [6.45, 7) is 0.612. The van der Waals surface area contributed by atoms with E-state index in [1.54, 1.807) is 35.2 Å². The number of carbonyl (C=O) groups is 2. The molecule has 0 aliphatic carbocycles. The van der Waals surface area contributed by atoms with Crippen molar-refractivity contribution in [2.45, 2.75) is 6.54 Å². The summed E-state index contributed by atoms with van der Waals surface area (Å²) in [5, 5.41) is 2.85. The molecule has 3 aromatic rings. The molecule has 0 atom stereocenters. The zero-order chi connectivity index (χ0) is 20.5. The lowest BCUT2D eigenvalue weighted by molar-refractivity contribution is -0.121. The highest BCUT2D eigenvalue weighted by molar-refractivity contribution is 6.04. The molecule has 2 amide bonds. The molecule has 0 bridgehead atoms. The van der Waals surface area contributed by atoms with E-state index in [9.17, 15) is 9.59 Å². The van der Waals surface area contributed by atoms with E-state index < -0.39 is 0 Å². The molecule has 7 nitrogen and oxygen atoms in total. The van der Waals surface area contributed by atoms with Crippen LogP contribution in [-0.4, -0.2) is 25.2 Å². The Kier molecular flexibility index (Phi) is 4.48. The van der Waals surface area contributed by atoms with Gasteiger partial charge in [0.05, 0.1) is 12.2 Å². The highest BCUT2D eigenvalue weighted by atomic mass is 16.7. The van der Waals surface area contributed by atoms with Gasteiger partial charge in [-0.2, -0.15) is 0 Å². The summed E-state index contributed by atoms with van der Waals surface area (Å²) in [6, 6.07) is 19.9. The first kappa shape index (κ1) is 18.1. The van der Waals surface area contributed by atoms with E-state index in [0.29, 0.717) is 35.0 Å². The van der Waals surface area contributed by atoms with Gasteiger partial charge in [-0.25, -0.2) is 0 Å². The zero-order valence-electron chi connectivity index (χ0n) is 16.0. The van der Waals surface area contributed by atoms with E-state index in [2.05, 4.69) is 5.32 Å². The Balaban J connectivity index is 1.29. The van der Waals surface area contributed by atoms with E-state index in [1.807, 2.05) is 36.4 Å². The molecule has 0 unspecified atom stereocenters. The number of ether oxygens (including phenoxy) is 3. The van der Waals surface area contributed by atoms with E-state index in [4.69, 9.17) is 14.2 Å². The predicted octanol–water partition coefficient (Wildman–Crippen LogP) is 3.59. The fourth-order valence-corrected chi connectivity index (χ4v) is 3.45. The van der Waals surface area contributed by atoms with Crippen LogP contribution in [0.25, 0.3) is 0 Å². The fourth-order valence-electron chi connectivity index (χ4n) is 3.45. The minimum Gasteiger partial charge on any atom is -0.482 e. The van der Waals surface area contributed by atoms with Gasteiger partial charge in [-0.05, 0) is 42.0 Å². The topological polar surface area (TPSA) is 77.1 Å². The van der Waals surface area contributed by atoms with Crippen molar-refractivity contribution >= 4 is 23.2 Å². The Morgan fingerprint density at radius 2 is 1.70 bits per heavy atom. The van der Waals surface area contributed by atoms with Crippen molar-refractivity contribution in [1.29, 1.82) is 0 Å². The highest BCUT2D eigenvalue weighted by Crippen LogP contribution is 2.34. The lowest BCUT2D eigenvalue weighted by atomic mass is 10.1. The monoisotopic (exact) mass is 402 g/mol. The number of rotatable bonds is 4. The van der Waals surface area contributed by atoms with Crippen LogP contribution < -0.4 is 24.4 Å². The van der Waals surface area contributed by atoms with Crippen LogP contribution in [0.4, 0.5) is 11.4 Å². The van der Waals surface area contributed by atoms with Crippen molar-refractivity contribution in [2.24, 2.45) is 0 Å². The largest absolute Gasteiger partial charge is 0.482 e. The fraction of sp³-hybridized carbons (Fsp3) is 0.130. The van der Waals surface area contributed by atoms with Crippen LogP contribution in [0.3, 0.4) is 0 Å². The summed E-state index contributed by atoms with van der Waals surface area (Å²) in [5.74, 6) is 1.64. The van der Waals surface area contributed by atoms with Crippen LogP contribution in [0.1, 0.15) is 15.9 Å². The Morgan fingerprint density at radius 1 is 0.900 bits per heavy atom. The highest BCUT2D eigenvalue weighted by Gasteiger charge is 2.25. The smallest absolute Gasteiger partial charge is 0.265 e. The summed E-state index contributed by atoms with van der Waals surface area (Å²) in [6.07, 6.45) is 0. The molecule has 150 valence electrons. The molecular formula is C23H18N2O5. The van der Waals surface area contributed by atoms with Crippen LogP contribution in [0.15, 0.2) is 66.7 Å². The van der Waals surface area contributed by atoms with Crippen LogP contribution in [0.2, 0.25) is 0 Å². The number of nitrogens with zero attached hydrogens (tertiary/aromatic N) is 1. The second-order valence-corrected chi connectivity index (χ2v) is 6.96. The first-order valence-corrected chi connectivity index (χ1v) is 9.49. The maximum Gasteiger partial charge on any atom is 0.265 e. The second-order valence-electron chi connectivity index (χ2n) is 6.96. The molecule has 2 aliphatic heterocycles. The molecule has 0 aromatic heterocycles. The Hall–Kier alpha value is -4.00. The Labute approximate surface area is 172 Å². The zero-order valence-corrected chi connectivity index (χ0v) is 16.0. The molecule has 1 N–H and O–H groups in total. The number of nitrogens with one attached hydrogen (secondary N) is 1. The van der Waals surface area contributed by atoms with Crippen LogP contribution in [-0.2, 0) is 11.3 Å². The van der Waals surface area contributed by atoms with Gasteiger partial charge in [0.15, 0.2) is 18.1 Å². The molecule has 0 radical (unpaired) electrons. The van der Waals surface area contributed by atoms with Gasteiger partial charge in [0.1, 0.15) is 5.75 Å². The van der Waals surface area contributed by atoms with Crippen molar-refractivity contribution < 1.29 is 23.8 Å². The first-order valence-electron chi connectivity index (χ1n) is 9.49. The van der Waals surface area contributed by atoms with Gasteiger partial charge in [0, 0.05) is 17.3 Å². The van der Waals surface area contributed by atoms with Gasteiger partial charge < -0.3 is 24.4 Å². The molecule has 30 heavy (non-hydrogen) atoms. The van der Waals surface area contributed by atoms with Crippen molar-refractivity contribution in [3.63, 3.8) is 0 Å². The molecule has 2 heterocycles. The number of para-hydroxylation sites is 2. The van der Waals surface area contributed by atoms with Crippen molar-refractivity contribution in [1.82, 2.24) is 0 Å². The normalized spacial score (nSPS) is 14.1. The van der Waals surface area contributed by atoms with E-state index in [1.165, 1.54) is 0 Å². The lowest BCUT2D eigenvalue weighted by Crippen LogP contribution is -2.38. The second kappa shape index (κ2) is 7.44. The predicted molar refractivity (Wildman–Crippen MR) is 110 cm³/mol. The van der Waals surface area contributed by atoms with Gasteiger partial charge >= 0.3 is 0 Å². The molecule has 3 aromatic carbocycles. The number of hydrogen-bond donors (Lipinski definition) is 1. The molecule has 5 rings (SSSR count). The quantitative estimate of drug-likeness (QED) is 0.722. The molecular weight excluding hydrogens is 384 g/mol. The van der Waals surface area contributed by atoms with E-state index in [0.717, 1.165) is 11.3 Å². The van der Waals surface area contributed by atoms with Gasteiger partial charge in [-0.15, -0.1) is 0 Å². The molecule has 2 aliphatic rings. The molecule has 0 fully saturated rings. The molecule has 0 saturated carbocycles. The average molecular weight is 402 g/mol. The third-order valence-electron chi connectivity index (χ3n) is 5.00. The lowest BCUT2D eigenvalue weighted by Gasteiger charge is -2.29. The number of carbonyl (C=O) groups excluding carboxylic acids is 2. The summed E-state index contributed by atoms with van der Waals surface area (Å²) >= 11 is 0. The van der Waals surface area contributed by atoms with Gasteiger partial charge in [0.25, 0.3) is 11.8 Å².